The molecule has 1 aromatic rings. The molecule has 8 heteroatoms. The van der Waals surface area contributed by atoms with E-state index in [1.54, 1.807) is 11.9 Å². The van der Waals surface area contributed by atoms with Crippen molar-refractivity contribution in [3.8, 4) is 0 Å². The first-order chi connectivity index (χ1) is 11.8. The molecule has 0 atom stereocenters. The lowest BCUT2D eigenvalue weighted by molar-refractivity contribution is 0.0827. The summed E-state index contributed by atoms with van der Waals surface area (Å²) in [6.45, 7) is 3.06. The van der Waals surface area contributed by atoms with Crippen LogP contribution in [0.1, 0.15) is 43.8 Å². The van der Waals surface area contributed by atoms with Gasteiger partial charge in [0.05, 0.1) is 7.11 Å². The minimum absolute atomic E-state index is 0.379. The van der Waals surface area contributed by atoms with Crippen LogP contribution in [0.3, 0.4) is 0 Å². The molecule has 1 amide bonds. The number of carbonyl (C=O) groups excluding carboxylic acids is 1. The summed E-state index contributed by atoms with van der Waals surface area (Å²) in [5, 5.41) is 3.76. The molecule has 1 aliphatic heterocycles. The fourth-order valence-electron chi connectivity index (χ4n) is 2.77. The van der Waals surface area contributed by atoms with Crippen LogP contribution in [0, 0.1) is 0 Å². The zero-order valence-electron chi connectivity index (χ0n) is 14.1. The molecule has 0 aromatic carbocycles. The van der Waals surface area contributed by atoms with E-state index in [1.165, 1.54) is 20.0 Å². The number of nitrogens with one attached hydrogen (secondary N) is 2. The van der Waals surface area contributed by atoms with E-state index in [1.807, 2.05) is 0 Å². The molecule has 3 rings (SSSR count). The van der Waals surface area contributed by atoms with Gasteiger partial charge in [-0.15, -0.1) is 0 Å². The third-order valence-electron chi connectivity index (χ3n) is 4.31. The Kier molecular flexibility index (Phi) is 6.39. The van der Waals surface area contributed by atoms with Crippen LogP contribution in [0.4, 0.5) is 4.79 Å². The van der Waals surface area contributed by atoms with Crippen LogP contribution in [0.5, 0.6) is 0 Å². The van der Waals surface area contributed by atoms with Gasteiger partial charge in [0.15, 0.2) is 0 Å². The van der Waals surface area contributed by atoms with Crippen molar-refractivity contribution >= 4 is 18.0 Å². The molecule has 1 aromatic heterocycles. The number of alkyl carbamates (subject to hydrolysis) is 1. The summed E-state index contributed by atoms with van der Waals surface area (Å²) in [5.74, 6) is 1.61. The summed E-state index contributed by atoms with van der Waals surface area (Å²) in [6.07, 6.45) is 7.18. The highest BCUT2D eigenvalue weighted by Gasteiger charge is 2.24. The van der Waals surface area contributed by atoms with E-state index < -0.39 is 0 Å². The lowest BCUT2D eigenvalue weighted by Crippen LogP contribution is -2.25. The average molecular weight is 354 g/mol. The maximum Gasteiger partial charge on any atom is 0.406 e. The summed E-state index contributed by atoms with van der Waals surface area (Å²) in [7, 11) is 1.38. The topological polar surface area (TPSA) is 77.4 Å². The number of aromatic nitrogens is 2. The zero-order chi connectivity index (χ0) is 16.8. The minimum atomic E-state index is -0.379. The molecule has 134 valence electrons. The van der Waals surface area contributed by atoms with E-state index >= 15 is 0 Å². The van der Waals surface area contributed by atoms with Crippen molar-refractivity contribution < 1.29 is 14.3 Å². The zero-order valence-corrected chi connectivity index (χ0v) is 14.9. The standard InChI is InChI=1S/C16H26N4O3S/c1-22-16(21)17-7-2-8-20-11-14(24-19-13-3-4-13)18-15(20)12-5-9-23-10-6-12/h11-13,19H,2-10H2,1H3,(H,17,21). The van der Waals surface area contributed by atoms with E-state index in [4.69, 9.17) is 9.72 Å². The van der Waals surface area contributed by atoms with Gasteiger partial charge >= 0.3 is 6.09 Å². The predicted molar refractivity (Wildman–Crippen MR) is 92.1 cm³/mol. The molecule has 1 saturated carbocycles. The second-order valence-electron chi connectivity index (χ2n) is 6.28. The Labute approximate surface area is 147 Å². The summed E-state index contributed by atoms with van der Waals surface area (Å²) in [5.41, 5.74) is 0. The van der Waals surface area contributed by atoms with Crippen molar-refractivity contribution in [3.05, 3.63) is 12.0 Å². The van der Waals surface area contributed by atoms with Gasteiger partial charge in [-0.05, 0) is 44.1 Å². The van der Waals surface area contributed by atoms with Gasteiger partial charge < -0.3 is 19.4 Å². The molecule has 1 saturated heterocycles. The van der Waals surface area contributed by atoms with E-state index in [2.05, 4.69) is 25.5 Å². The smallest absolute Gasteiger partial charge is 0.406 e. The number of methoxy groups -OCH3 is 1. The van der Waals surface area contributed by atoms with Crippen molar-refractivity contribution in [1.29, 1.82) is 0 Å². The molecule has 24 heavy (non-hydrogen) atoms. The van der Waals surface area contributed by atoms with Gasteiger partial charge in [0.25, 0.3) is 0 Å². The average Bonchev–Trinajstić information content (AvgIpc) is 3.36. The highest BCUT2D eigenvalue weighted by molar-refractivity contribution is 7.97. The number of aryl methyl sites for hydroxylation is 1. The van der Waals surface area contributed by atoms with Crippen molar-refractivity contribution in [2.45, 2.75) is 55.6 Å². The van der Waals surface area contributed by atoms with Crippen molar-refractivity contribution in [2.75, 3.05) is 26.9 Å². The van der Waals surface area contributed by atoms with Crippen LogP contribution in [0.15, 0.2) is 11.2 Å². The number of amides is 1. The number of hydrogen-bond acceptors (Lipinski definition) is 6. The Morgan fingerprint density at radius 2 is 2.21 bits per heavy atom. The molecule has 2 fully saturated rings. The predicted octanol–water partition coefficient (Wildman–Crippen LogP) is 2.28. The molecule has 2 aliphatic rings. The van der Waals surface area contributed by atoms with Crippen LogP contribution in [-0.4, -0.2) is 48.6 Å². The van der Waals surface area contributed by atoms with Crippen molar-refractivity contribution in [1.82, 2.24) is 19.6 Å². The number of ether oxygens (including phenoxy) is 2. The van der Waals surface area contributed by atoms with Crippen LogP contribution >= 0.6 is 11.9 Å². The summed E-state index contributed by atoms with van der Waals surface area (Å²) in [6, 6.07) is 0.649. The maximum atomic E-state index is 11.1. The lowest BCUT2D eigenvalue weighted by atomic mass is 9.99. The molecule has 2 heterocycles. The molecule has 1 aliphatic carbocycles. The second kappa shape index (κ2) is 8.73. The van der Waals surface area contributed by atoms with Crippen LogP contribution in [0.25, 0.3) is 0 Å². The second-order valence-corrected chi connectivity index (χ2v) is 7.14. The first-order valence-electron chi connectivity index (χ1n) is 8.65. The Morgan fingerprint density at radius 1 is 1.42 bits per heavy atom. The molecule has 0 unspecified atom stereocenters. The third kappa shape index (κ3) is 5.12. The monoisotopic (exact) mass is 354 g/mol. The van der Waals surface area contributed by atoms with E-state index in [0.29, 0.717) is 18.5 Å². The Morgan fingerprint density at radius 3 is 2.92 bits per heavy atom. The van der Waals surface area contributed by atoms with Gasteiger partial charge in [0.1, 0.15) is 10.9 Å². The fourth-order valence-corrected chi connectivity index (χ4v) is 3.61. The van der Waals surface area contributed by atoms with Gasteiger partial charge in [-0.1, -0.05) is 0 Å². The molecule has 0 spiro atoms. The summed E-state index contributed by atoms with van der Waals surface area (Å²) < 4.78 is 15.8. The van der Waals surface area contributed by atoms with Gasteiger partial charge in [0, 0.05) is 44.5 Å². The largest absolute Gasteiger partial charge is 0.453 e. The SMILES string of the molecule is COC(=O)NCCCn1cc(SNC2CC2)nc1C1CCOCC1. The number of carbonyl (C=O) groups is 1. The van der Waals surface area contributed by atoms with Crippen LogP contribution in [0.2, 0.25) is 0 Å². The van der Waals surface area contributed by atoms with Crippen molar-refractivity contribution in [3.63, 3.8) is 0 Å². The highest BCUT2D eigenvalue weighted by atomic mass is 32.2. The number of imidazole rings is 1. The van der Waals surface area contributed by atoms with Crippen LogP contribution < -0.4 is 10.0 Å². The normalized spacial score (nSPS) is 18.5. The number of nitrogens with zero attached hydrogens (tertiary/aromatic N) is 2. The lowest BCUT2D eigenvalue weighted by Gasteiger charge is -2.22. The minimum Gasteiger partial charge on any atom is -0.453 e. The molecular weight excluding hydrogens is 328 g/mol. The molecule has 7 nitrogen and oxygen atoms in total. The quantitative estimate of drug-likeness (QED) is 0.551. The van der Waals surface area contributed by atoms with E-state index in [0.717, 1.165) is 49.9 Å². The molecule has 2 N–H and O–H groups in total. The number of hydrogen-bond donors (Lipinski definition) is 2. The fraction of sp³-hybridized carbons (Fsp3) is 0.750. The van der Waals surface area contributed by atoms with Crippen LogP contribution in [-0.2, 0) is 16.0 Å². The maximum absolute atomic E-state index is 11.1. The van der Waals surface area contributed by atoms with Gasteiger partial charge in [0.2, 0.25) is 0 Å². The third-order valence-corrected chi connectivity index (χ3v) is 5.17. The summed E-state index contributed by atoms with van der Waals surface area (Å²) in [4.78, 5) is 16.0. The first kappa shape index (κ1) is 17.6. The highest BCUT2D eigenvalue weighted by Crippen LogP contribution is 2.30. The van der Waals surface area contributed by atoms with Gasteiger partial charge in [-0.2, -0.15) is 0 Å². The summed E-state index contributed by atoms with van der Waals surface area (Å²) >= 11 is 1.63. The Hall–Kier alpha value is -1.25. The Balaban J connectivity index is 1.58. The first-order valence-corrected chi connectivity index (χ1v) is 9.47. The molecule has 0 radical (unpaired) electrons. The van der Waals surface area contributed by atoms with Gasteiger partial charge in [-0.25, -0.2) is 9.78 Å². The van der Waals surface area contributed by atoms with Crippen molar-refractivity contribution in [2.24, 2.45) is 0 Å². The van der Waals surface area contributed by atoms with E-state index in [-0.39, 0.29) is 6.09 Å². The number of rotatable bonds is 8. The Bertz CT molecular complexity index is 541. The van der Waals surface area contributed by atoms with E-state index in [9.17, 15) is 4.79 Å². The van der Waals surface area contributed by atoms with Gasteiger partial charge in [-0.3, -0.25) is 4.72 Å². The molecule has 0 bridgehead atoms. The molecular formula is C16H26N4O3S.